The van der Waals surface area contributed by atoms with Crippen LogP contribution >= 0.6 is 0 Å². The molecule has 1 atom stereocenters. The van der Waals surface area contributed by atoms with Crippen LogP contribution < -0.4 is 0 Å². The van der Waals surface area contributed by atoms with Gasteiger partial charge in [-0.05, 0) is 6.92 Å². The van der Waals surface area contributed by atoms with Crippen LogP contribution in [0.2, 0.25) is 0 Å². The van der Waals surface area contributed by atoms with Gasteiger partial charge in [-0.25, -0.2) is 23.2 Å². The monoisotopic (exact) mass is 230 g/mol. The summed E-state index contributed by atoms with van der Waals surface area (Å²) in [5.74, 6) is -1.05. The van der Waals surface area contributed by atoms with Crippen molar-refractivity contribution in [1.29, 1.82) is 0 Å². The van der Waals surface area contributed by atoms with E-state index in [1.165, 1.54) is 6.92 Å². The molecule has 1 heterocycles. The Kier molecular flexibility index (Phi) is 3.04. The molecule has 0 bridgehead atoms. The molecule has 15 heavy (non-hydrogen) atoms. The van der Waals surface area contributed by atoms with Crippen molar-refractivity contribution >= 4 is 15.8 Å². The molecule has 1 aromatic rings. The molecule has 0 aromatic carbocycles. The lowest BCUT2D eigenvalue weighted by Gasteiger charge is -2.06. The molecule has 0 radical (unpaired) electrons. The first-order valence-electron chi connectivity index (χ1n) is 4.06. The third-order valence-electron chi connectivity index (χ3n) is 1.92. The number of hydrogen-bond acceptors (Lipinski definition) is 5. The minimum Gasteiger partial charge on any atom is -0.478 e. The normalized spacial score (nSPS) is 13.5. The Hall–Kier alpha value is -1.50. The number of sulfone groups is 1. The first-order chi connectivity index (χ1) is 6.82. The van der Waals surface area contributed by atoms with E-state index in [0.717, 1.165) is 18.6 Å². The standard InChI is InChI=1S/C8H10N2O4S/c1-5(15(2,13)14)7-9-3-6(4-10-7)8(11)12/h3-5H,1-2H3,(H,11,12). The van der Waals surface area contributed by atoms with Gasteiger partial charge in [0.1, 0.15) is 11.1 Å². The average molecular weight is 230 g/mol. The molecule has 1 N–H and O–H groups in total. The summed E-state index contributed by atoms with van der Waals surface area (Å²) in [5, 5.41) is 7.74. The van der Waals surface area contributed by atoms with Crippen molar-refractivity contribution in [1.82, 2.24) is 9.97 Å². The Labute approximate surface area is 86.9 Å². The Morgan fingerprint density at radius 1 is 1.40 bits per heavy atom. The first-order valence-corrected chi connectivity index (χ1v) is 6.02. The van der Waals surface area contributed by atoms with Crippen LogP contribution in [0.3, 0.4) is 0 Å². The van der Waals surface area contributed by atoms with Crippen LogP contribution in [0.25, 0.3) is 0 Å². The number of rotatable bonds is 3. The van der Waals surface area contributed by atoms with Crippen molar-refractivity contribution < 1.29 is 18.3 Å². The molecule has 7 heteroatoms. The molecule has 0 saturated carbocycles. The van der Waals surface area contributed by atoms with Crippen LogP contribution in [0.15, 0.2) is 12.4 Å². The highest BCUT2D eigenvalue weighted by Gasteiger charge is 2.20. The van der Waals surface area contributed by atoms with Gasteiger partial charge in [-0.2, -0.15) is 0 Å². The topological polar surface area (TPSA) is 97.2 Å². The van der Waals surface area contributed by atoms with Crippen molar-refractivity contribution in [2.75, 3.05) is 6.26 Å². The van der Waals surface area contributed by atoms with Crippen LogP contribution in [0, 0.1) is 0 Å². The minimum absolute atomic E-state index is 0.0700. The first kappa shape index (κ1) is 11.6. The summed E-state index contributed by atoms with van der Waals surface area (Å²) in [6.45, 7) is 1.45. The summed E-state index contributed by atoms with van der Waals surface area (Å²) in [7, 11) is -3.26. The Balaban J connectivity index is 3.05. The summed E-state index contributed by atoms with van der Waals surface area (Å²) in [4.78, 5) is 17.9. The predicted octanol–water partition coefficient (Wildman–Crippen LogP) is 0.280. The molecule has 0 aliphatic carbocycles. The fraction of sp³-hybridized carbons (Fsp3) is 0.375. The van der Waals surface area contributed by atoms with Crippen LogP contribution in [-0.4, -0.2) is 35.7 Å². The zero-order chi connectivity index (χ0) is 11.6. The van der Waals surface area contributed by atoms with Gasteiger partial charge in [-0.15, -0.1) is 0 Å². The molecular weight excluding hydrogens is 220 g/mol. The smallest absolute Gasteiger partial charge is 0.338 e. The average Bonchev–Trinajstić information content (AvgIpc) is 2.15. The molecule has 0 amide bonds. The van der Waals surface area contributed by atoms with Crippen molar-refractivity contribution in [3.63, 3.8) is 0 Å². The minimum atomic E-state index is -3.26. The molecule has 0 saturated heterocycles. The fourth-order valence-electron chi connectivity index (χ4n) is 0.850. The highest BCUT2D eigenvalue weighted by molar-refractivity contribution is 7.90. The van der Waals surface area contributed by atoms with Gasteiger partial charge >= 0.3 is 5.97 Å². The lowest BCUT2D eigenvalue weighted by Crippen LogP contribution is -2.12. The highest BCUT2D eigenvalue weighted by Crippen LogP contribution is 2.16. The Morgan fingerprint density at radius 2 is 1.87 bits per heavy atom. The molecule has 6 nitrogen and oxygen atoms in total. The van der Waals surface area contributed by atoms with E-state index in [-0.39, 0.29) is 11.4 Å². The van der Waals surface area contributed by atoms with Gasteiger partial charge in [0.25, 0.3) is 0 Å². The third-order valence-corrected chi connectivity index (χ3v) is 3.42. The fourth-order valence-corrected chi connectivity index (χ4v) is 1.35. The maximum atomic E-state index is 11.2. The molecule has 1 unspecified atom stereocenters. The number of carboxylic acids is 1. The Morgan fingerprint density at radius 3 is 2.20 bits per heavy atom. The second-order valence-electron chi connectivity index (χ2n) is 3.11. The van der Waals surface area contributed by atoms with E-state index < -0.39 is 21.1 Å². The number of hydrogen-bond donors (Lipinski definition) is 1. The quantitative estimate of drug-likeness (QED) is 0.801. The van der Waals surface area contributed by atoms with E-state index in [9.17, 15) is 13.2 Å². The number of nitrogens with zero attached hydrogens (tertiary/aromatic N) is 2. The second-order valence-corrected chi connectivity index (χ2v) is 5.47. The van der Waals surface area contributed by atoms with Crippen molar-refractivity contribution in [3.05, 3.63) is 23.8 Å². The van der Waals surface area contributed by atoms with E-state index in [4.69, 9.17) is 5.11 Å². The van der Waals surface area contributed by atoms with Gasteiger partial charge < -0.3 is 5.11 Å². The maximum absolute atomic E-state index is 11.2. The summed E-state index contributed by atoms with van der Waals surface area (Å²) < 4.78 is 22.3. The van der Waals surface area contributed by atoms with E-state index in [2.05, 4.69) is 9.97 Å². The predicted molar refractivity (Wildman–Crippen MR) is 52.3 cm³/mol. The van der Waals surface area contributed by atoms with Crippen LogP contribution in [0.1, 0.15) is 28.4 Å². The molecule has 1 aromatic heterocycles. The molecule has 1 rings (SSSR count). The van der Waals surface area contributed by atoms with Crippen LogP contribution in [0.4, 0.5) is 0 Å². The Bertz CT molecular complexity index is 466. The molecule has 0 fully saturated rings. The zero-order valence-corrected chi connectivity index (χ0v) is 9.02. The highest BCUT2D eigenvalue weighted by atomic mass is 32.2. The van der Waals surface area contributed by atoms with Gasteiger partial charge in [0.2, 0.25) is 0 Å². The van der Waals surface area contributed by atoms with E-state index >= 15 is 0 Å². The number of carboxylic acid groups (broad SMARTS) is 1. The van der Waals surface area contributed by atoms with Crippen LogP contribution in [0.5, 0.6) is 0 Å². The van der Waals surface area contributed by atoms with E-state index in [0.29, 0.717) is 0 Å². The second kappa shape index (κ2) is 3.93. The number of aromatic nitrogens is 2. The van der Waals surface area contributed by atoms with Gasteiger partial charge in [0, 0.05) is 18.6 Å². The number of carbonyl (C=O) groups is 1. The number of aromatic carboxylic acids is 1. The summed E-state index contributed by atoms with van der Waals surface area (Å²) in [6.07, 6.45) is 3.25. The van der Waals surface area contributed by atoms with Crippen molar-refractivity contribution in [2.45, 2.75) is 12.2 Å². The lowest BCUT2D eigenvalue weighted by atomic mass is 10.3. The third kappa shape index (κ3) is 2.72. The van der Waals surface area contributed by atoms with E-state index in [1.807, 2.05) is 0 Å². The van der Waals surface area contributed by atoms with Gasteiger partial charge in [-0.3, -0.25) is 0 Å². The molecule has 0 aliphatic rings. The summed E-state index contributed by atoms with van der Waals surface area (Å²) in [5.41, 5.74) is -0.0700. The summed E-state index contributed by atoms with van der Waals surface area (Å²) in [6, 6.07) is 0. The lowest BCUT2D eigenvalue weighted by molar-refractivity contribution is 0.0696. The molecule has 0 aliphatic heterocycles. The molecular formula is C8H10N2O4S. The van der Waals surface area contributed by atoms with Crippen molar-refractivity contribution in [3.8, 4) is 0 Å². The van der Waals surface area contributed by atoms with Gasteiger partial charge in [0.05, 0.1) is 5.56 Å². The van der Waals surface area contributed by atoms with Gasteiger partial charge in [-0.1, -0.05) is 0 Å². The summed E-state index contributed by atoms with van der Waals surface area (Å²) >= 11 is 0. The SMILES string of the molecule is CC(c1ncc(C(=O)O)cn1)S(C)(=O)=O. The zero-order valence-electron chi connectivity index (χ0n) is 8.21. The maximum Gasteiger partial charge on any atom is 0.338 e. The largest absolute Gasteiger partial charge is 0.478 e. The van der Waals surface area contributed by atoms with Crippen molar-refractivity contribution in [2.24, 2.45) is 0 Å². The molecule has 82 valence electrons. The van der Waals surface area contributed by atoms with E-state index in [1.54, 1.807) is 0 Å². The van der Waals surface area contributed by atoms with Crippen LogP contribution in [-0.2, 0) is 9.84 Å². The molecule has 0 spiro atoms. The van der Waals surface area contributed by atoms with Gasteiger partial charge in [0.15, 0.2) is 9.84 Å².